The van der Waals surface area contributed by atoms with Crippen LogP contribution in [0.15, 0.2) is 224 Å². The highest BCUT2D eigenvalue weighted by Crippen LogP contribution is 2.49. The summed E-state index contributed by atoms with van der Waals surface area (Å²) in [6, 6.07) is 44.3. The Labute approximate surface area is 776 Å². The first-order valence-electron chi connectivity index (χ1n) is 42.4. The number of nitrogens with one attached hydrogen (secondary N) is 5. The quantitative estimate of drug-likeness (QED) is 0.0110. The van der Waals surface area contributed by atoms with Crippen LogP contribution in [0.25, 0.3) is 44.1 Å². The lowest BCUT2D eigenvalue weighted by Gasteiger charge is -2.34. The number of pyridine rings is 2. The normalized spacial score (nSPS) is 15.5. The fourth-order valence-corrected chi connectivity index (χ4v) is 20.1. The van der Waals surface area contributed by atoms with Crippen molar-refractivity contribution in [2.24, 2.45) is 25.9 Å². The van der Waals surface area contributed by atoms with E-state index in [1.54, 1.807) is 78.9 Å². The molecule has 137 heavy (non-hydrogen) atoms. The highest BCUT2D eigenvalue weighted by molar-refractivity contribution is 7.86. The number of anilines is 8. The first-order chi connectivity index (χ1) is 65.6. The number of carbonyl (C=O) groups is 8. The highest BCUT2D eigenvalue weighted by atomic mass is 32.2. The van der Waals surface area contributed by atoms with Crippen molar-refractivity contribution in [3.8, 4) is 57.3 Å². The van der Waals surface area contributed by atoms with Gasteiger partial charge < -0.3 is 64.9 Å². The number of ether oxygens (including phenoxy) is 4. The highest BCUT2D eigenvalue weighted by Gasteiger charge is 2.39. The van der Waals surface area contributed by atoms with Crippen LogP contribution in [0.3, 0.4) is 0 Å². The van der Waals surface area contributed by atoms with Gasteiger partial charge >= 0.3 is 24.0 Å². The van der Waals surface area contributed by atoms with Crippen LogP contribution >= 0.6 is 0 Å². The number of fused-ring (bicyclic) bond motifs is 4. The number of rotatable bonds is 31. The van der Waals surface area contributed by atoms with Crippen LogP contribution in [0.5, 0.6) is 35.0 Å². The Morgan fingerprint density at radius 1 is 0.416 bits per heavy atom. The van der Waals surface area contributed by atoms with Crippen molar-refractivity contribution in [3.63, 3.8) is 0 Å². The van der Waals surface area contributed by atoms with E-state index < -0.39 is 115 Å². The first kappa shape index (κ1) is 91.0. The molecule has 4 aliphatic carbocycles. The summed E-state index contributed by atoms with van der Waals surface area (Å²) >= 11 is 0. The monoisotopic (exact) mass is 1910 g/mol. The van der Waals surface area contributed by atoms with Gasteiger partial charge in [0.2, 0.25) is 17.8 Å². The lowest BCUT2D eigenvalue weighted by atomic mass is 9.75. The van der Waals surface area contributed by atoms with Crippen LogP contribution in [0.4, 0.5) is 46.3 Å². The molecule has 10 aromatic carbocycles. The van der Waals surface area contributed by atoms with E-state index in [9.17, 15) is 92.3 Å². The van der Waals surface area contributed by atoms with Crippen LogP contribution < -0.4 is 56.6 Å². The van der Waals surface area contributed by atoms with Crippen LogP contribution in [0.1, 0.15) is 154 Å². The van der Waals surface area contributed by atoms with E-state index >= 15 is 4.79 Å². The largest absolute Gasteiger partial charge is 0.478 e. The SMILES string of the molecule is Cn1c(=O)c(C(=O)c2ccccc2)c2c3c(c(Nc4ccc(S(=O)(=O)O)c(Cc5nc(NC6CCC(CC7CCC(Nc8nc(Nc9ccc(S(=O)(=O)O)c(Nc%10ccc%11c%12c%10C(=O)c%10ccccc%10-c%12c(C(=O)c%10cccc(S(=O)(=O)O)c%10)c(=O)n%11C)c9)nc(Oc9cc(OC=O)cc(C(=O)O)c9)n8)CC7)CC6)nc(Oc6cc(OC=O)cc(C(=O)O)c6)n5)c4)ccc31)C(=O)c1ccccc1-2. The molecule has 0 amide bonds. The second kappa shape index (κ2) is 36.5. The predicted octanol–water partition coefficient (Wildman–Crippen LogP) is 14.3. The van der Waals surface area contributed by atoms with Crippen molar-refractivity contribution in [2.75, 3.05) is 26.6 Å². The number of ketones is 4. The van der Waals surface area contributed by atoms with Crippen molar-refractivity contribution >= 4 is 146 Å². The summed E-state index contributed by atoms with van der Waals surface area (Å²) < 4.78 is 134. The lowest BCUT2D eigenvalue weighted by molar-refractivity contribution is -0.121. The van der Waals surface area contributed by atoms with E-state index in [0.717, 1.165) is 85.2 Å². The molecular weight excluding hydrogens is 1830 g/mol. The molecule has 4 aromatic heterocycles. The summed E-state index contributed by atoms with van der Waals surface area (Å²) in [4.78, 5) is 161. The summed E-state index contributed by atoms with van der Waals surface area (Å²) in [5, 5.41) is 36.5. The molecule has 0 saturated heterocycles. The van der Waals surface area contributed by atoms with Gasteiger partial charge in [-0.25, -0.2) is 9.59 Å². The topological polar surface area (TPSA) is 559 Å². The molecule has 18 rings (SSSR count). The fourth-order valence-electron chi connectivity index (χ4n) is 18.2. The molecule has 0 aliphatic heterocycles. The standard InChI is InChI=1S/C96H75N13O25S3/c1-108-71-31-29-68(78-80(71)76(64-15-6-8-17-66(64)86(78)114)82(88(108)116)84(112)50-11-4-3-5-12-50)97-57-27-33-73(136(125,126)127)52(36-57)42-75-102-92(105-95(103-75)133-61-39-53(90(118)119)37-59(44-61)131-46-110)98-55-23-19-48(20-24-55)35-49-21-25-56(26-22-49)99-93-104-94(107-96(106-93)134-62-40-54(91(120)121)38-60(45-62)132-47-111)100-58-28-34-74(137(128,129)130)70(43-58)101-69-30-32-72-81-77(65-16-7-9-18-67(65)87(115)79(69)81)83(89(117)109(72)2)85(113)51-13-10-14-63(41-51)135(122,123)124/h3-18,27-34,36-41,43-49,55-56,97,101H,19-26,35,42H2,1-2H3,(H,118,119)(H,120,121)(H,122,123,124)(H,125,126,127)(H,128,129,130)(H,98,102,103,105)(H2,99,100,104,106,107). The minimum atomic E-state index is -5.13. The van der Waals surface area contributed by atoms with E-state index in [-0.39, 0.29) is 195 Å². The number of carboxylic acid groups (broad SMARTS) is 2. The maximum Gasteiger partial charge on any atom is 0.335 e. The van der Waals surface area contributed by atoms with Gasteiger partial charge in [0.05, 0.1) is 71.3 Å². The van der Waals surface area contributed by atoms with Gasteiger partial charge in [-0.1, -0.05) is 91.0 Å². The molecular formula is C96H75N13O25S3. The number of hydrogen-bond acceptors (Lipinski definition) is 31. The molecule has 41 heteroatoms. The van der Waals surface area contributed by atoms with Gasteiger partial charge in [-0.05, 0) is 183 Å². The fraction of sp³-hybridized carbons (Fsp3) is 0.167. The Hall–Kier alpha value is -16.5. The van der Waals surface area contributed by atoms with Crippen molar-refractivity contribution in [3.05, 3.63) is 288 Å². The average Bonchev–Trinajstić information content (AvgIpc) is 0.708. The van der Waals surface area contributed by atoms with Gasteiger partial charge in [-0.3, -0.25) is 52.0 Å². The molecule has 14 aromatic rings. The first-order valence-corrected chi connectivity index (χ1v) is 46.7. The van der Waals surface area contributed by atoms with Crippen molar-refractivity contribution < 1.29 is 106 Å². The zero-order valence-electron chi connectivity index (χ0n) is 71.8. The van der Waals surface area contributed by atoms with Gasteiger partial charge in [0.25, 0.3) is 54.4 Å². The Balaban J connectivity index is 0.591. The molecule has 4 aliphatic rings. The molecule has 2 saturated carbocycles. The van der Waals surface area contributed by atoms with Crippen LogP contribution in [-0.4, -0.2) is 148 Å². The number of carboxylic acids is 2. The van der Waals surface area contributed by atoms with Crippen molar-refractivity contribution in [1.29, 1.82) is 0 Å². The van der Waals surface area contributed by atoms with Gasteiger partial charge in [-0.2, -0.15) is 55.2 Å². The molecule has 4 heterocycles. The summed E-state index contributed by atoms with van der Waals surface area (Å²) in [5.74, 6) is -6.21. The Morgan fingerprint density at radius 2 is 0.869 bits per heavy atom. The van der Waals surface area contributed by atoms with E-state index in [4.69, 9.17) is 23.9 Å². The molecule has 0 radical (unpaired) electrons. The smallest absolute Gasteiger partial charge is 0.335 e. The second-order valence-corrected chi connectivity index (χ2v) is 37.2. The van der Waals surface area contributed by atoms with Crippen LogP contribution in [-0.2, 0) is 60.5 Å². The van der Waals surface area contributed by atoms with Crippen molar-refractivity contribution in [1.82, 2.24) is 39.0 Å². The number of benzene rings is 10. The predicted molar refractivity (Wildman–Crippen MR) is 494 cm³/mol. The maximum atomic E-state index is 15.0. The lowest BCUT2D eigenvalue weighted by Crippen LogP contribution is -2.30. The summed E-state index contributed by atoms with van der Waals surface area (Å²) in [7, 11) is -12.1. The molecule has 10 N–H and O–H groups in total. The number of carbonyl (C=O) groups excluding carboxylic acids is 6. The maximum absolute atomic E-state index is 15.0. The number of aromatic carboxylic acids is 2. The van der Waals surface area contributed by atoms with Gasteiger partial charge in [0.1, 0.15) is 33.7 Å². The molecule has 0 atom stereocenters. The van der Waals surface area contributed by atoms with E-state index in [1.807, 2.05) is 0 Å². The van der Waals surface area contributed by atoms with Gasteiger partial charge in [0, 0.05) is 100 Å². The molecule has 2 fully saturated rings. The Kier molecular flexibility index (Phi) is 24.2. The number of aromatic nitrogens is 8. The zero-order chi connectivity index (χ0) is 96.4. The van der Waals surface area contributed by atoms with Gasteiger partial charge in [-0.15, -0.1) is 0 Å². The minimum Gasteiger partial charge on any atom is -0.478 e. The number of hydrogen-bond donors (Lipinski definition) is 10. The Bertz CT molecular complexity index is 8020. The molecule has 0 bridgehead atoms. The third kappa shape index (κ3) is 18.4. The third-order valence-electron chi connectivity index (χ3n) is 24.4. The zero-order valence-corrected chi connectivity index (χ0v) is 74.2. The summed E-state index contributed by atoms with van der Waals surface area (Å²) in [6.07, 6.45) is 5.80. The molecule has 0 unspecified atom stereocenters. The van der Waals surface area contributed by atoms with E-state index in [2.05, 4.69) is 51.5 Å². The van der Waals surface area contributed by atoms with Gasteiger partial charge in [0.15, 0.2) is 23.1 Å². The van der Waals surface area contributed by atoms with E-state index in [0.29, 0.717) is 42.1 Å². The molecule has 38 nitrogen and oxygen atoms in total. The summed E-state index contributed by atoms with van der Waals surface area (Å²) in [5.41, 5.74) is -1.47. The average molecular weight is 1910 g/mol. The third-order valence-corrected chi connectivity index (χ3v) is 27.2. The summed E-state index contributed by atoms with van der Waals surface area (Å²) in [6.45, 7) is 0.172. The minimum absolute atomic E-state index is 0.0123. The number of aryl methyl sites for hydroxylation is 2. The molecule has 0 spiro atoms. The van der Waals surface area contributed by atoms with E-state index in [1.165, 1.54) is 91.5 Å². The van der Waals surface area contributed by atoms with Crippen LogP contribution in [0.2, 0.25) is 0 Å². The van der Waals surface area contributed by atoms with Crippen LogP contribution in [0, 0.1) is 11.8 Å². The Morgan fingerprint density at radius 3 is 1.37 bits per heavy atom. The van der Waals surface area contributed by atoms with Crippen molar-refractivity contribution in [2.45, 2.75) is 91.0 Å². The second-order valence-electron chi connectivity index (χ2n) is 33.0. The number of nitrogens with zero attached hydrogens (tertiary/aromatic N) is 8. The molecule has 692 valence electrons.